The van der Waals surface area contributed by atoms with Gasteiger partial charge in [-0.1, -0.05) is 17.7 Å². The molecule has 0 fully saturated rings. The number of amides is 1. The van der Waals surface area contributed by atoms with Crippen molar-refractivity contribution in [2.75, 3.05) is 26.2 Å². The molecular weight excluding hydrogens is 492 g/mol. The molecule has 0 radical (unpaired) electrons. The average molecular weight is 521 g/mol. The Kier molecular flexibility index (Phi) is 7.18. The second-order valence-electron chi connectivity index (χ2n) is 8.78. The van der Waals surface area contributed by atoms with Crippen molar-refractivity contribution in [2.45, 2.75) is 27.7 Å². The highest BCUT2D eigenvalue weighted by molar-refractivity contribution is 6.30. The summed E-state index contributed by atoms with van der Waals surface area (Å²) in [6.07, 6.45) is 1.75. The van der Waals surface area contributed by atoms with Gasteiger partial charge in [0, 0.05) is 33.9 Å². The van der Waals surface area contributed by atoms with E-state index in [1.165, 1.54) is 19.1 Å². The van der Waals surface area contributed by atoms with Crippen molar-refractivity contribution in [1.29, 1.82) is 0 Å². The number of ether oxygens (including phenoxy) is 3. The van der Waals surface area contributed by atoms with Crippen LogP contribution in [0.15, 0.2) is 59.3 Å². The number of aromatic nitrogens is 1. The van der Waals surface area contributed by atoms with Gasteiger partial charge in [-0.3, -0.25) is 9.69 Å². The van der Waals surface area contributed by atoms with Crippen molar-refractivity contribution in [3.05, 3.63) is 86.8 Å². The van der Waals surface area contributed by atoms with E-state index >= 15 is 0 Å². The van der Waals surface area contributed by atoms with Crippen molar-refractivity contribution < 1.29 is 23.8 Å². The number of allylic oxidation sites excluding steroid dienone is 1. The summed E-state index contributed by atoms with van der Waals surface area (Å²) in [5.74, 6) is 0.0822. The van der Waals surface area contributed by atoms with Crippen LogP contribution >= 0.6 is 11.6 Å². The van der Waals surface area contributed by atoms with Gasteiger partial charge in [0.05, 0.1) is 38.2 Å². The summed E-state index contributed by atoms with van der Waals surface area (Å²) in [6.45, 7) is 7.70. The summed E-state index contributed by atoms with van der Waals surface area (Å²) in [7, 11) is 4.37. The number of anilines is 1. The standard InChI is InChI=1S/C29H29ClN2O5/c1-16-8-9-21(30)14-24(16)31-17(2)12-20(18(31)3)13-23-27(29(34)37-7)19(4)32(28(23)33)22-10-11-25(35-5)26(15-22)36-6/h8-15H,1-7H3/b23-13-. The molecule has 0 saturated carbocycles. The van der Waals surface area contributed by atoms with E-state index in [9.17, 15) is 9.59 Å². The summed E-state index contributed by atoms with van der Waals surface area (Å²) in [5, 5.41) is 0.635. The number of carbonyl (C=O) groups is 2. The van der Waals surface area contributed by atoms with Crippen molar-refractivity contribution in [3.63, 3.8) is 0 Å². The van der Waals surface area contributed by atoms with E-state index in [2.05, 4.69) is 4.57 Å². The van der Waals surface area contributed by atoms with Gasteiger partial charge in [0.15, 0.2) is 11.5 Å². The number of hydrogen-bond acceptors (Lipinski definition) is 5. The summed E-state index contributed by atoms with van der Waals surface area (Å²) in [5.41, 5.74) is 6.19. The first kappa shape index (κ1) is 26.1. The van der Waals surface area contributed by atoms with Crippen LogP contribution in [0.5, 0.6) is 11.5 Å². The van der Waals surface area contributed by atoms with Crippen LogP contribution in [0.1, 0.15) is 29.4 Å². The smallest absolute Gasteiger partial charge is 0.340 e. The quantitative estimate of drug-likeness (QED) is 0.297. The van der Waals surface area contributed by atoms with Crippen molar-refractivity contribution in [1.82, 2.24) is 4.57 Å². The molecule has 1 amide bonds. The minimum atomic E-state index is -0.584. The van der Waals surface area contributed by atoms with E-state index in [-0.39, 0.29) is 17.1 Å². The lowest BCUT2D eigenvalue weighted by atomic mass is 10.0. The molecule has 0 aliphatic carbocycles. The van der Waals surface area contributed by atoms with Gasteiger partial charge >= 0.3 is 5.97 Å². The Morgan fingerprint density at radius 1 is 0.919 bits per heavy atom. The molecule has 2 heterocycles. The Balaban J connectivity index is 1.86. The molecule has 0 bridgehead atoms. The molecule has 0 saturated heterocycles. The van der Waals surface area contributed by atoms with Gasteiger partial charge in [0.2, 0.25) is 0 Å². The van der Waals surface area contributed by atoms with Gasteiger partial charge in [-0.25, -0.2) is 4.79 Å². The predicted octanol–water partition coefficient (Wildman–Crippen LogP) is 5.95. The topological polar surface area (TPSA) is 70.0 Å². The predicted molar refractivity (Wildman–Crippen MR) is 145 cm³/mol. The maximum absolute atomic E-state index is 13.8. The van der Waals surface area contributed by atoms with Crippen molar-refractivity contribution >= 4 is 35.2 Å². The molecule has 0 atom stereocenters. The number of benzene rings is 2. The van der Waals surface area contributed by atoms with E-state index in [0.717, 1.165) is 28.2 Å². The van der Waals surface area contributed by atoms with Crippen LogP contribution < -0.4 is 14.4 Å². The Labute approximate surface area is 221 Å². The minimum absolute atomic E-state index is 0.214. The summed E-state index contributed by atoms with van der Waals surface area (Å²) in [6, 6.07) is 12.9. The monoisotopic (exact) mass is 520 g/mol. The second-order valence-corrected chi connectivity index (χ2v) is 9.22. The first-order valence-corrected chi connectivity index (χ1v) is 12.0. The lowest BCUT2D eigenvalue weighted by Crippen LogP contribution is -2.24. The number of carbonyl (C=O) groups excluding carboxylic acids is 2. The average Bonchev–Trinajstić information content (AvgIpc) is 3.30. The van der Waals surface area contributed by atoms with Crippen LogP contribution in [0, 0.1) is 20.8 Å². The molecule has 1 aromatic heterocycles. The van der Waals surface area contributed by atoms with E-state index in [1.54, 1.807) is 38.3 Å². The van der Waals surface area contributed by atoms with Crippen molar-refractivity contribution in [3.8, 4) is 17.2 Å². The maximum atomic E-state index is 13.8. The lowest BCUT2D eigenvalue weighted by Gasteiger charge is -2.19. The van der Waals surface area contributed by atoms with Crippen LogP contribution in [-0.4, -0.2) is 37.8 Å². The Morgan fingerprint density at radius 3 is 2.27 bits per heavy atom. The summed E-state index contributed by atoms with van der Waals surface area (Å²) < 4.78 is 17.9. The van der Waals surface area contributed by atoms with Gasteiger partial charge in [0.25, 0.3) is 5.91 Å². The third kappa shape index (κ3) is 4.51. The summed E-state index contributed by atoms with van der Waals surface area (Å²) in [4.78, 5) is 28.1. The molecule has 37 heavy (non-hydrogen) atoms. The Morgan fingerprint density at radius 2 is 1.62 bits per heavy atom. The number of nitrogens with zero attached hydrogens (tertiary/aromatic N) is 2. The molecule has 3 aromatic rings. The molecule has 2 aromatic carbocycles. The largest absolute Gasteiger partial charge is 0.493 e. The van der Waals surface area contributed by atoms with Crippen LogP contribution in [0.2, 0.25) is 5.02 Å². The zero-order valence-corrected chi connectivity index (χ0v) is 22.7. The van der Waals surface area contributed by atoms with Crippen LogP contribution in [0.3, 0.4) is 0 Å². The zero-order chi connectivity index (χ0) is 27.0. The number of methoxy groups -OCH3 is 3. The molecular formula is C29H29ClN2O5. The number of halogens is 1. The Hall–Kier alpha value is -3.97. The first-order chi connectivity index (χ1) is 17.6. The van der Waals surface area contributed by atoms with Gasteiger partial charge in [-0.15, -0.1) is 0 Å². The van der Waals surface area contributed by atoms with Gasteiger partial charge in [-0.05, 0) is 75.2 Å². The van der Waals surface area contributed by atoms with Gasteiger partial charge in [0.1, 0.15) is 0 Å². The van der Waals surface area contributed by atoms with E-state index in [0.29, 0.717) is 27.9 Å². The molecule has 4 rings (SSSR count). The Bertz CT molecular complexity index is 1480. The SMILES string of the molecule is COC(=O)C1=C(C)N(c2ccc(OC)c(OC)c2)C(=O)/C1=C\c1cc(C)n(-c2cc(Cl)ccc2C)c1C. The molecule has 8 heteroatoms. The third-order valence-electron chi connectivity index (χ3n) is 6.60. The molecule has 0 spiro atoms. The minimum Gasteiger partial charge on any atom is -0.493 e. The fraction of sp³-hybridized carbons (Fsp3) is 0.241. The molecule has 192 valence electrons. The summed E-state index contributed by atoms with van der Waals surface area (Å²) >= 11 is 6.29. The first-order valence-electron chi connectivity index (χ1n) is 11.7. The third-order valence-corrected chi connectivity index (χ3v) is 6.83. The van der Waals surface area contributed by atoms with Gasteiger partial charge < -0.3 is 18.8 Å². The van der Waals surface area contributed by atoms with E-state index < -0.39 is 5.97 Å². The number of esters is 1. The van der Waals surface area contributed by atoms with E-state index in [1.807, 2.05) is 45.0 Å². The fourth-order valence-electron chi connectivity index (χ4n) is 4.74. The van der Waals surface area contributed by atoms with Gasteiger partial charge in [-0.2, -0.15) is 0 Å². The second kappa shape index (κ2) is 10.2. The van der Waals surface area contributed by atoms with Crippen molar-refractivity contribution in [2.24, 2.45) is 0 Å². The molecule has 7 nitrogen and oxygen atoms in total. The fourth-order valence-corrected chi connectivity index (χ4v) is 4.90. The van der Waals surface area contributed by atoms with E-state index in [4.69, 9.17) is 25.8 Å². The van der Waals surface area contributed by atoms with Crippen LogP contribution in [-0.2, 0) is 14.3 Å². The molecule has 1 aliphatic rings. The maximum Gasteiger partial charge on any atom is 0.340 e. The number of aryl methyl sites for hydroxylation is 2. The lowest BCUT2D eigenvalue weighted by molar-refractivity contribution is -0.136. The number of hydrogen-bond donors (Lipinski definition) is 0. The number of rotatable bonds is 6. The molecule has 0 unspecified atom stereocenters. The van der Waals surface area contributed by atoms with Crippen LogP contribution in [0.4, 0.5) is 5.69 Å². The highest BCUT2D eigenvalue weighted by Gasteiger charge is 2.38. The molecule has 1 aliphatic heterocycles. The molecule has 0 N–H and O–H groups in total. The highest BCUT2D eigenvalue weighted by Crippen LogP contribution is 2.39. The highest BCUT2D eigenvalue weighted by atomic mass is 35.5. The normalized spacial score (nSPS) is 14.5. The van der Waals surface area contributed by atoms with Crippen LogP contribution in [0.25, 0.3) is 11.8 Å². The zero-order valence-electron chi connectivity index (χ0n) is 21.9.